The molecule has 140 valence electrons. The number of carbonyl (C=O) groups excluding carboxylic acids is 1. The zero-order valence-electron chi connectivity index (χ0n) is 14.5. The van der Waals surface area contributed by atoms with Gasteiger partial charge in [0.1, 0.15) is 5.75 Å². The molecule has 2 rings (SSSR count). The first-order chi connectivity index (χ1) is 12.3. The molecule has 0 bridgehead atoms. The number of nitrogens with zero attached hydrogens (tertiary/aromatic N) is 1. The predicted octanol–water partition coefficient (Wildman–Crippen LogP) is 2.97. The van der Waals surface area contributed by atoms with Gasteiger partial charge in [-0.15, -0.1) is 0 Å². The molecule has 0 fully saturated rings. The van der Waals surface area contributed by atoms with E-state index in [-0.39, 0.29) is 18.2 Å². The number of rotatable bonds is 8. The number of carbonyl (C=O) groups is 1. The molecular formula is C18H20ClNO5S. The fourth-order valence-corrected chi connectivity index (χ4v) is 3.02. The molecular weight excluding hydrogens is 378 g/mol. The van der Waals surface area contributed by atoms with E-state index in [0.717, 1.165) is 11.8 Å². The second-order valence-corrected chi connectivity index (χ2v) is 7.62. The molecule has 0 N–H and O–H groups in total. The van der Waals surface area contributed by atoms with Gasteiger partial charge in [0, 0.05) is 20.2 Å². The van der Waals surface area contributed by atoms with Crippen LogP contribution in [0.2, 0.25) is 5.02 Å². The fourth-order valence-electron chi connectivity index (χ4n) is 2.35. The summed E-state index contributed by atoms with van der Waals surface area (Å²) in [5, 5.41) is 0.370. The lowest BCUT2D eigenvalue weighted by Gasteiger charge is -2.23. The van der Waals surface area contributed by atoms with Crippen LogP contribution in [0.4, 0.5) is 0 Å². The van der Waals surface area contributed by atoms with Gasteiger partial charge in [-0.2, -0.15) is 8.42 Å². The van der Waals surface area contributed by atoms with Crippen molar-refractivity contribution in [1.82, 2.24) is 4.90 Å². The molecule has 0 aromatic heterocycles. The van der Waals surface area contributed by atoms with Crippen molar-refractivity contribution in [2.75, 3.05) is 26.5 Å². The maximum atomic E-state index is 12.8. The highest BCUT2D eigenvalue weighted by atomic mass is 35.5. The highest BCUT2D eigenvalue weighted by molar-refractivity contribution is 7.86. The van der Waals surface area contributed by atoms with Crippen molar-refractivity contribution in [3.8, 4) is 5.75 Å². The van der Waals surface area contributed by atoms with E-state index in [2.05, 4.69) is 0 Å². The average molecular weight is 398 g/mol. The van der Waals surface area contributed by atoms with Crippen molar-refractivity contribution in [3.63, 3.8) is 0 Å². The molecule has 26 heavy (non-hydrogen) atoms. The van der Waals surface area contributed by atoms with Crippen LogP contribution >= 0.6 is 11.6 Å². The second-order valence-electron chi connectivity index (χ2n) is 5.63. The molecule has 2 aromatic carbocycles. The summed E-state index contributed by atoms with van der Waals surface area (Å²) in [6.45, 7) is 0.974. The molecule has 0 aliphatic carbocycles. The Morgan fingerprint density at radius 2 is 1.88 bits per heavy atom. The van der Waals surface area contributed by atoms with Gasteiger partial charge in [0.15, 0.2) is 0 Å². The monoisotopic (exact) mass is 397 g/mol. The van der Waals surface area contributed by atoms with Crippen molar-refractivity contribution < 1.29 is 22.1 Å². The van der Waals surface area contributed by atoms with E-state index in [1.807, 2.05) is 0 Å². The summed E-state index contributed by atoms with van der Waals surface area (Å²) in [6, 6.07) is 13.4. The first kappa shape index (κ1) is 20.2. The lowest BCUT2D eigenvalue weighted by atomic mass is 10.1. The smallest absolute Gasteiger partial charge is 0.306 e. The van der Waals surface area contributed by atoms with Crippen LogP contribution in [0, 0.1) is 0 Å². The van der Waals surface area contributed by atoms with Gasteiger partial charge in [0.2, 0.25) is 0 Å². The first-order valence-electron chi connectivity index (χ1n) is 7.81. The maximum Gasteiger partial charge on any atom is 0.306 e. The molecule has 6 nitrogen and oxygen atoms in total. The number of halogens is 1. The number of amides is 1. The largest absolute Gasteiger partial charge is 0.383 e. The van der Waals surface area contributed by atoms with Gasteiger partial charge in [0.25, 0.3) is 5.91 Å². The van der Waals surface area contributed by atoms with Gasteiger partial charge in [0.05, 0.1) is 23.4 Å². The minimum absolute atomic E-state index is 0.196. The van der Waals surface area contributed by atoms with E-state index in [4.69, 9.17) is 20.5 Å². The molecule has 0 unspecified atom stereocenters. The van der Waals surface area contributed by atoms with Crippen molar-refractivity contribution >= 4 is 27.6 Å². The van der Waals surface area contributed by atoms with Crippen LogP contribution < -0.4 is 4.18 Å². The molecule has 2 aromatic rings. The highest BCUT2D eigenvalue weighted by Crippen LogP contribution is 2.20. The number of benzene rings is 2. The Labute approximate surface area is 158 Å². The van der Waals surface area contributed by atoms with Crippen molar-refractivity contribution in [3.05, 3.63) is 64.7 Å². The van der Waals surface area contributed by atoms with E-state index < -0.39 is 10.1 Å². The molecule has 0 saturated carbocycles. The summed E-state index contributed by atoms with van der Waals surface area (Å²) in [5.74, 6) is -0.0380. The molecule has 0 aliphatic rings. The Morgan fingerprint density at radius 1 is 1.15 bits per heavy atom. The molecule has 0 spiro atoms. The van der Waals surface area contributed by atoms with E-state index >= 15 is 0 Å². The van der Waals surface area contributed by atoms with Gasteiger partial charge < -0.3 is 13.8 Å². The van der Waals surface area contributed by atoms with Crippen LogP contribution in [0.5, 0.6) is 5.75 Å². The lowest BCUT2D eigenvalue weighted by molar-refractivity contribution is 0.0680. The third kappa shape index (κ3) is 6.01. The van der Waals surface area contributed by atoms with E-state index in [9.17, 15) is 13.2 Å². The van der Waals surface area contributed by atoms with Gasteiger partial charge in [-0.3, -0.25) is 4.79 Å². The predicted molar refractivity (Wildman–Crippen MR) is 100.0 cm³/mol. The average Bonchev–Trinajstić information content (AvgIpc) is 2.57. The summed E-state index contributed by atoms with van der Waals surface area (Å²) in [6.07, 6.45) is 0.978. The van der Waals surface area contributed by atoms with Gasteiger partial charge in [-0.25, -0.2) is 0 Å². The third-order valence-electron chi connectivity index (χ3n) is 3.48. The zero-order chi connectivity index (χ0) is 19.2. The summed E-state index contributed by atoms with van der Waals surface area (Å²) >= 11 is 6.13. The summed E-state index contributed by atoms with van der Waals surface area (Å²) in [7, 11) is -2.07. The normalized spacial score (nSPS) is 11.2. The number of ether oxygens (including phenoxy) is 1. The van der Waals surface area contributed by atoms with Crippen LogP contribution in [0.15, 0.2) is 48.5 Å². The number of methoxy groups -OCH3 is 1. The highest BCUT2D eigenvalue weighted by Gasteiger charge is 2.18. The van der Waals surface area contributed by atoms with Crippen LogP contribution in [-0.4, -0.2) is 45.7 Å². The quantitative estimate of drug-likeness (QED) is 0.640. The molecule has 0 heterocycles. The molecule has 0 saturated heterocycles. The van der Waals surface area contributed by atoms with Crippen LogP contribution in [0.3, 0.4) is 0 Å². The van der Waals surface area contributed by atoms with Crippen molar-refractivity contribution in [2.24, 2.45) is 0 Å². The topological polar surface area (TPSA) is 72.9 Å². The number of hydrogen-bond acceptors (Lipinski definition) is 5. The summed E-state index contributed by atoms with van der Waals surface area (Å²) in [5.41, 5.74) is 1.12. The second kappa shape index (κ2) is 9.02. The molecule has 0 atom stereocenters. The lowest BCUT2D eigenvalue weighted by Crippen LogP contribution is -2.33. The number of hydrogen-bond donors (Lipinski definition) is 0. The zero-order valence-corrected chi connectivity index (χ0v) is 16.1. The Morgan fingerprint density at radius 3 is 2.54 bits per heavy atom. The minimum Gasteiger partial charge on any atom is -0.383 e. The first-order valence-corrected chi connectivity index (χ1v) is 10.0. The Hall–Kier alpha value is -2.09. The van der Waals surface area contributed by atoms with Gasteiger partial charge >= 0.3 is 10.1 Å². The van der Waals surface area contributed by atoms with Crippen LogP contribution in [0.1, 0.15) is 15.9 Å². The molecule has 1 amide bonds. The van der Waals surface area contributed by atoms with Crippen molar-refractivity contribution in [1.29, 1.82) is 0 Å². The molecule has 8 heteroatoms. The van der Waals surface area contributed by atoms with E-state index in [1.165, 1.54) is 0 Å². The maximum absolute atomic E-state index is 12.8. The Balaban J connectivity index is 2.24. The van der Waals surface area contributed by atoms with Crippen LogP contribution in [-0.2, 0) is 21.4 Å². The molecule has 0 aliphatic heterocycles. The fraction of sp³-hybridized carbons (Fsp3) is 0.278. The summed E-state index contributed by atoms with van der Waals surface area (Å²) in [4.78, 5) is 14.4. The Kier molecular flexibility index (Phi) is 7.02. The van der Waals surface area contributed by atoms with E-state index in [0.29, 0.717) is 23.7 Å². The standard InChI is InChI=1S/C18H20ClNO5S/c1-24-11-10-20(18(21)16-8-3-4-9-17(16)19)13-14-6-5-7-15(12-14)25-26(2,22)23/h3-9,12H,10-11,13H2,1-2H3. The third-order valence-corrected chi connectivity index (χ3v) is 4.30. The van der Waals surface area contributed by atoms with E-state index in [1.54, 1.807) is 60.5 Å². The van der Waals surface area contributed by atoms with Crippen molar-refractivity contribution in [2.45, 2.75) is 6.54 Å². The van der Waals surface area contributed by atoms with Gasteiger partial charge in [-0.05, 0) is 29.8 Å². The summed E-state index contributed by atoms with van der Waals surface area (Å²) < 4.78 is 32.6. The molecule has 0 radical (unpaired) electrons. The van der Waals surface area contributed by atoms with Crippen LogP contribution in [0.25, 0.3) is 0 Å². The van der Waals surface area contributed by atoms with Gasteiger partial charge in [-0.1, -0.05) is 35.9 Å². The Bertz CT molecular complexity index is 869. The SMILES string of the molecule is COCCN(Cc1cccc(OS(C)(=O)=O)c1)C(=O)c1ccccc1Cl. The minimum atomic E-state index is -3.62.